The van der Waals surface area contributed by atoms with Crippen molar-refractivity contribution < 1.29 is 26.9 Å². The van der Waals surface area contributed by atoms with Crippen LogP contribution in [0.5, 0.6) is 11.5 Å². The number of nitrogens with zero attached hydrogens (tertiary/aromatic N) is 1. The Kier molecular flexibility index (Phi) is 8.01. The number of imide groups is 1. The van der Waals surface area contributed by atoms with E-state index < -0.39 is 21.3 Å². The molecule has 0 radical (unpaired) electrons. The average Bonchev–Trinajstić information content (AvgIpc) is 3.08. The molecule has 0 aromatic heterocycles. The summed E-state index contributed by atoms with van der Waals surface area (Å²) in [6.45, 7) is 0.0882. The summed E-state index contributed by atoms with van der Waals surface area (Å²) in [7, 11) is -2.83. The molecule has 0 unspecified atom stereocenters. The molecular weight excluding hydrogens is 613 g/mol. The molecule has 186 valence electrons. The lowest BCUT2D eigenvalue weighted by molar-refractivity contribution is -0.123. The molecule has 1 aliphatic heterocycles. The summed E-state index contributed by atoms with van der Waals surface area (Å²) in [6.07, 6.45) is 1.52. The second-order valence-electron chi connectivity index (χ2n) is 7.42. The topological polar surface area (TPSA) is 90.0 Å². The number of benzene rings is 3. The number of rotatable bonds is 7. The van der Waals surface area contributed by atoms with Crippen LogP contribution < -0.4 is 8.92 Å². The van der Waals surface area contributed by atoms with Crippen LogP contribution in [-0.2, 0) is 21.5 Å². The van der Waals surface area contributed by atoms with Crippen LogP contribution in [0.25, 0.3) is 6.08 Å². The van der Waals surface area contributed by atoms with Crippen LogP contribution in [-0.4, -0.2) is 31.6 Å². The standard InChI is InChI=1S/C24H16BrCl2NO6S2/c1-33-20-11-15(10-19(25)22(20)34-36(31,32)18-7-5-16(26)6-8-18)12-21-23(29)28(24(30)35-21)13-14-3-2-4-17(27)9-14/h2-12H,13H2,1H3/b21-12-. The molecule has 1 fully saturated rings. The maximum Gasteiger partial charge on any atom is 0.339 e. The van der Waals surface area contributed by atoms with E-state index in [1.807, 2.05) is 0 Å². The van der Waals surface area contributed by atoms with Gasteiger partial charge in [-0.3, -0.25) is 14.5 Å². The van der Waals surface area contributed by atoms with Gasteiger partial charge in [0.25, 0.3) is 11.1 Å². The van der Waals surface area contributed by atoms with E-state index in [0.717, 1.165) is 22.2 Å². The summed E-state index contributed by atoms with van der Waals surface area (Å²) in [5.41, 5.74) is 1.21. The van der Waals surface area contributed by atoms with Crippen molar-refractivity contribution in [1.29, 1.82) is 0 Å². The summed E-state index contributed by atoms with van der Waals surface area (Å²) >= 11 is 16.0. The van der Waals surface area contributed by atoms with Gasteiger partial charge in [-0.1, -0.05) is 35.3 Å². The van der Waals surface area contributed by atoms with Crippen LogP contribution in [0.3, 0.4) is 0 Å². The summed E-state index contributed by atoms with van der Waals surface area (Å²) in [6, 6.07) is 15.5. The summed E-state index contributed by atoms with van der Waals surface area (Å²) in [4.78, 5) is 26.7. The van der Waals surface area contributed by atoms with Crippen LogP contribution in [0.2, 0.25) is 10.0 Å². The van der Waals surface area contributed by atoms with Gasteiger partial charge in [-0.2, -0.15) is 8.42 Å². The van der Waals surface area contributed by atoms with Crippen molar-refractivity contribution >= 4 is 78.2 Å². The quantitative estimate of drug-likeness (QED) is 0.211. The van der Waals surface area contributed by atoms with Gasteiger partial charge < -0.3 is 8.92 Å². The minimum absolute atomic E-state index is 0.0707. The van der Waals surface area contributed by atoms with E-state index in [9.17, 15) is 18.0 Å². The summed E-state index contributed by atoms with van der Waals surface area (Å²) < 4.78 is 36.4. The first-order chi connectivity index (χ1) is 17.1. The Balaban J connectivity index is 1.60. The van der Waals surface area contributed by atoms with Gasteiger partial charge in [0.05, 0.1) is 23.0 Å². The normalized spacial score (nSPS) is 15.0. The molecule has 0 spiro atoms. The van der Waals surface area contributed by atoms with E-state index in [4.69, 9.17) is 32.1 Å². The highest BCUT2D eigenvalue weighted by Gasteiger charge is 2.35. The number of hydrogen-bond donors (Lipinski definition) is 0. The monoisotopic (exact) mass is 627 g/mol. The highest BCUT2D eigenvalue weighted by Crippen LogP contribution is 2.40. The lowest BCUT2D eigenvalue weighted by atomic mass is 10.1. The molecule has 7 nitrogen and oxygen atoms in total. The summed E-state index contributed by atoms with van der Waals surface area (Å²) in [5.74, 6) is -0.421. The SMILES string of the molecule is COc1cc(/C=C2\SC(=O)N(Cc3cccc(Cl)c3)C2=O)cc(Br)c1OS(=O)(=O)c1ccc(Cl)cc1. The smallest absolute Gasteiger partial charge is 0.339 e. The predicted molar refractivity (Wildman–Crippen MR) is 143 cm³/mol. The molecule has 0 saturated carbocycles. The predicted octanol–water partition coefficient (Wildman–Crippen LogP) is 6.77. The lowest BCUT2D eigenvalue weighted by Gasteiger charge is -2.14. The van der Waals surface area contributed by atoms with Crippen LogP contribution in [0.4, 0.5) is 4.79 Å². The number of halogens is 3. The number of hydrogen-bond acceptors (Lipinski definition) is 7. The van der Waals surface area contributed by atoms with Gasteiger partial charge in [0.15, 0.2) is 11.5 Å². The fraction of sp³-hybridized carbons (Fsp3) is 0.0833. The number of amides is 2. The molecule has 3 aromatic carbocycles. The van der Waals surface area contributed by atoms with Crippen molar-refractivity contribution in [2.45, 2.75) is 11.4 Å². The number of thioether (sulfide) groups is 1. The third kappa shape index (κ3) is 5.90. The second kappa shape index (κ2) is 10.9. The third-order valence-corrected chi connectivity index (χ3v) is 8.17. The number of carbonyl (C=O) groups is 2. The molecule has 36 heavy (non-hydrogen) atoms. The van der Waals surface area contributed by atoms with Gasteiger partial charge in [-0.05, 0) is 93.4 Å². The van der Waals surface area contributed by atoms with Crippen molar-refractivity contribution in [3.63, 3.8) is 0 Å². The molecule has 0 aliphatic carbocycles. The Bertz CT molecular complexity index is 1490. The molecule has 0 bridgehead atoms. The van der Waals surface area contributed by atoms with Crippen LogP contribution in [0.1, 0.15) is 11.1 Å². The first kappa shape index (κ1) is 26.6. The van der Waals surface area contributed by atoms with Gasteiger partial charge in [0.1, 0.15) is 4.90 Å². The van der Waals surface area contributed by atoms with E-state index in [1.165, 1.54) is 43.5 Å². The zero-order chi connectivity index (χ0) is 26.0. The number of methoxy groups -OCH3 is 1. The highest BCUT2D eigenvalue weighted by molar-refractivity contribution is 9.10. The molecule has 1 saturated heterocycles. The molecule has 2 amide bonds. The van der Waals surface area contributed by atoms with E-state index in [0.29, 0.717) is 15.6 Å². The van der Waals surface area contributed by atoms with Crippen molar-refractivity contribution in [2.75, 3.05) is 7.11 Å². The molecule has 0 atom stereocenters. The molecule has 4 rings (SSSR count). The van der Waals surface area contributed by atoms with Crippen LogP contribution in [0, 0.1) is 0 Å². The minimum Gasteiger partial charge on any atom is -0.493 e. The van der Waals surface area contributed by atoms with Gasteiger partial charge in [0.2, 0.25) is 0 Å². The Hall–Kier alpha value is -2.50. The van der Waals surface area contributed by atoms with Crippen molar-refractivity contribution in [3.05, 3.63) is 91.2 Å². The molecule has 12 heteroatoms. The van der Waals surface area contributed by atoms with Crippen molar-refractivity contribution in [2.24, 2.45) is 0 Å². The number of carbonyl (C=O) groups excluding carboxylic acids is 2. The van der Waals surface area contributed by atoms with E-state index in [-0.39, 0.29) is 32.3 Å². The maximum absolute atomic E-state index is 12.9. The van der Waals surface area contributed by atoms with Gasteiger partial charge >= 0.3 is 10.1 Å². The largest absolute Gasteiger partial charge is 0.493 e. The van der Waals surface area contributed by atoms with Gasteiger partial charge in [0, 0.05) is 10.0 Å². The van der Waals surface area contributed by atoms with E-state index >= 15 is 0 Å². The third-order valence-electron chi connectivity index (χ3n) is 4.95. The molecule has 1 heterocycles. The first-order valence-corrected chi connectivity index (χ1v) is 13.9. The van der Waals surface area contributed by atoms with Crippen molar-refractivity contribution in [3.8, 4) is 11.5 Å². The molecule has 0 N–H and O–H groups in total. The van der Waals surface area contributed by atoms with Gasteiger partial charge in [-0.15, -0.1) is 0 Å². The highest BCUT2D eigenvalue weighted by atomic mass is 79.9. The molecule has 1 aliphatic rings. The number of ether oxygens (including phenoxy) is 1. The minimum atomic E-state index is -4.18. The Morgan fingerprint density at radius 2 is 1.75 bits per heavy atom. The van der Waals surface area contributed by atoms with Crippen LogP contribution >= 0.6 is 50.9 Å². The fourth-order valence-corrected chi connectivity index (χ4v) is 6.05. The van der Waals surface area contributed by atoms with Crippen LogP contribution in [0.15, 0.2) is 74.9 Å². The van der Waals surface area contributed by atoms with Crippen molar-refractivity contribution in [1.82, 2.24) is 4.90 Å². The molecular formula is C24H16BrCl2NO6S2. The zero-order valence-corrected chi connectivity index (χ0v) is 23.1. The molecule has 3 aromatic rings. The lowest BCUT2D eigenvalue weighted by Crippen LogP contribution is -2.27. The Morgan fingerprint density at radius 3 is 2.42 bits per heavy atom. The second-order valence-corrected chi connectivity index (χ2v) is 11.7. The fourth-order valence-electron chi connectivity index (χ4n) is 3.27. The maximum atomic E-state index is 12.9. The Labute approximate surface area is 230 Å². The Morgan fingerprint density at radius 1 is 1.03 bits per heavy atom. The van der Waals surface area contributed by atoms with E-state index in [1.54, 1.807) is 30.3 Å². The van der Waals surface area contributed by atoms with E-state index in [2.05, 4.69) is 15.9 Å². The summed E-state index contributed by atoms with van der Waals surface area (Å²) in [5, 5.41) is 0.479. The first-order valence-electron chi connectivity index (χ1n) is 10.1. The van der Waals surface area contributed by atoms with Gasteiger partial charge in [-0.25, -0.2) is 0 Å². The average molecular weight is 629 g/mol. The zero-order valence-electron chi connectivity index (χ0n) is 18.4.